The van der Waals surface area contributed by atoms with Crippen LogP contribution >= 0.6 is 27.5 Å². The summed E-state index contributed by atoms with van der Waals surface area (Å²) in [6.45, 7) is 7.22. The lowest BCUT2D eigenvalue weighted by atomic mass is 9.92. The summed E-state index contributed by atoms with van der Waals surface area (Å²) >= 11 is 9.20. The Morgan fingerprint density at radius 3 is 2.61 bits per heavy atom. The van der Waals surface area contributed by atoms with Gasteiger partial charge in [0.05, 0.1) is 5.02 Å². The molecule has 1 N–H and O–H groups in total. The molecular formula is C14H20BrClFN. The van der Waals surface area contributed by atoms with Gasteiger partial charge in [0.25, 0.3) is 0 Å². The van der Waals surface area contributed by atoms with Crippen LogP contribution in [-0.2, 0) is 0 Å². The van der Waals surface area contributed by atoms with Crippen LogP contribution in [0.4, 0.5) is 4.39 Å². The summed E-state index contributed by atoms with van der Waals surface area (Å²) in [6.07, 6.45) is 2.02. The molecule has 18 heavy (non-hydrogen) atoms. The Morgan fingerprint density at radius 1 is 1.39 bits per heavy atom. The molecule has 1 aromatic rings. The summed E-state index contributed by atoms with van der Waals surface area (Å²) in [5.74, 6) is 0.0447. The molecular weight excluding hydrogens is 317 g/mol. The van der Waals surface area contributed by atoms with Crippen LogP contribution in [0.25, 0.3) is 0 Å². The smallest absolute Gasteiger partial charge is 0.147 e. The highest BCUT2D eigenvalue weighted by Crippen LogP contribution is 2.33. The number of rotatable bonds is 6. The van der Waals surface area contributed by atoms with E-state index in [4.69, 9.17) is 11.6 Å². The molecule has 0 aliphatic rings. The topological polar surface area (TPSA) is 12.0 Å². The molecule has 102 valence electrons. The van der Waals surface area contributed by atoms with Crippen molar-refractivity contribution < 1.29 is 4.39 Å². The van der Waals surface area contributed by atoms with E-state index in [1.54, 1.807) is 0 Å². The van der Waals surface area contributed by atoms with Gasteiger partial charge in [-0.1, -0.05) is 44.9 Å². The second-order valence-electron chi connectivity index (χ2n) is 4.58. The van der Waals surface area contributed by atoms with Crippen LogP contribution in [0, 0.1) is 11.7 Å². The van der Waals surface area contributed by atoms with Gasteiger partial charge < -0.3 is 5.32 Å². The Kier molecular flexibility index (Phi) is 6.61. The number of nitrogens with one attached hydrogen (secondary N) is 1. The molecule has 0 aliphatic carbocycles. The fourth-order valence-corrected chi connectivity index (χ4v) is 2.41. The average Bonchev–Trinajstić information content (AvgIpc) is 2.38. The quantitative estimate of drug-likeness (QED) is 0.692. The molecule has 0 radical (unpaired) electrons. The predicted octanol–water partition coefficient (Wildman–Crippen LogP) is 5.33. The van der Waals surface area contributed by atoms with Gasteiger partial charge in [0.1, 0.15) is 5.82 Å². The first-order valence-corrected chi connectivity index (χ1v) is 7.56. The third-order valence-electron chi connectivity index (χ3n) is 3.23. The molecule has 0 saturated carbocycles. The van der Waals surface area contributed by atoms with E-state index in [0.29, 0.717) is 16.0 Å². The Bertz CT molecular complexity index is 398. The zero-order valence-corrected chi connectivity index (χ0v) is 13.4. The zero-order valence-electron chi connectivity index (χ0n) is 11.1. The molecule has 0 spiro atoms. The summed E-state index contributed by atoms with van der Waals surface area (Å²) in [5, 5.41) is 3.58. The van der Waals surface area contributed by atoms with E-state index in [9.17, 15) is 4.39 Å². The van der Waals surface area contributed by atoms with Gasteiger partial charge in [0, 0.05) is 16.1 Å². The largest absolute Gasteiger partial charge is 0.310 e. The minimum absolute atomic E-state index is 0.0144. The van der Waals surface area contributed by atoms with Crippen LogP contribution in [0.1, 0.15) is 45.2 Å². The summed E-state index contributed by atoms with van der Waals surface area (Å²) < 4.78 is 14.8. The van der Waals surface area contributed by atoms with Crippen molar-refractivity contribution in [2.45, 2.75) is 39.7 Å². The van der Waals surface area contributed by atoms with Crippen molar-refractivity contribution >= 4 is 27.5 Å². The number of hydrogen-bond donors (Lipinski definition) is 1. The zero-order chi connectivity index (χ0) is 13.7. The van der Waals surface area contributed by atoms with Crippen molar-refractivity contribution in [1.29, 1.82) is 0 Å². The lowest BCUT2D eigenvalue weighted by molar-refractivity contribution is 0.366. The average molecular weight is 337 g/mol. The highest BCUT2D eigenvalue weighted by molar-refractivity contribution is 9.10. The van der Waals surface area contributed by atoms with Gasteiger partial charge >= 0.3 is 0 Å². The number of benzene rings is 1. The standard InChI is InChI=1S/C14H20BrClFN/c1-4-8-18-14(9(3)5-2)10-6-7-11(15)12(16)13(10)17/h6-7,9,14,18H,4-5,8H2,1-3H3. The van der Waals surface area contributed by atoms with E-state index in [0.717, 1.165) is 19.4 Å². The molecule has 1 nitrogen and oxygen atoms in total. The van der Waals surface area contributed by atoms with Crippen LogP contribution in [-0.4, -0.2) is 6.54 Å². The Labute approximate surface area is 122 Å². The van der Waals surface area contributed by atoms with Gasteiger partial charge in [0.2, 0.25) is 0 Å². The van der Waals surface area contributed by atoms with Gasteiger partial charge in [-0.15, -0.1) is 0 Å². The highest BCUT2D eigenvalue weighted by Gasteiger charge is 2.22. The molecule has 0 aliphatic heterocycles. The molecule has 0 fully saturated rings. The van der Waals surface area contributed by atoms with E-state index < -0.39 is 0 Å². The molecule has 0 bridgehead atoms. The Hall–Kier alpha value is -0.120. The summed E-state index contributed by atoms with van der Waals surface area (Å²) in [4.78, 5) is 0. The molecule has 0 aromatic heterocycles. The fourth-order valence-electron chi connectivity index (χ4n) is 1.93. The minimum atomic E-state index is -0.319. The first kappa shape index (κ1) is 15.9. The maximum atomic E-state index is 14.2. The summed E-state index contributed by atoms with van der Waals surface area (Å²) in [6, 6.07) is 3.63. The second-order valence-corrected chi connectivity index (χ2v) is 5.81. The summed E-state index contributed by atoms with van der Waals surface area (Å²) in [5.41, 5.74) is 0.658. The molecule has 1 aromatic carbocycles. The SMILES string of the molecule is CCCNC(c1ccc(Br)c(Cl)c1F)C(C)CC. The fraction of sp³-hybridized carbons (Fsp3) is 0.571. The second kappa shape index (κ2) is 7.46. The highest BCUT2D eigenvalue weighted by atomic mass is 79.9. The minimum Gasteiger partial charge on any atom is -0.310 e. The van der Waals surface area contributed by atoms with E-state index >= 15 is 0 Å². The van der Waals surface area contributed by atoms with Gasteiger partial charge in [0.15, 0.2) is 0 Å². The first-order valence-electron chi connectivity index (χ1n) is 6.39. The molecule has 2 atom stereocenters. The molecule has 4 heteroatoms. The number of halogens is 3. The van der Waals surface area contributed by atoms with Crippen molar-refractivity contribution in [3.05, 3.63) is 33.0 Å². The maximum Gasteiger partial charge on any atom is 0.147 e. The first-order chi connectivity index (χ1) is 8.52. The van der Waals surface area contributed by atoms with Crippen LogP contribution in [0.15, 0.2) is 16.6 Å². The monoisotopic (exact) mass is 335 g/mol. The maximum absolute atomic E-state index is 14.2. The van der Waals surface area contributed by atoms with Crippen molar-refractivity contribution in [2.75, 3.05) is 6.54 Å². The molecule has 1 rings (SSSR count). The van der Waals surface area contributed by atoms with E-state index in [-0.39, 0.29) is 16.9 Å². The van der Waals surface area contributed by atoms with Gasteiger partial charge in [-0.05, 0) is 40.9 Å². The predicted molar refractivity (Wildman–Crippen MR) is 79.6 cm³/mol. The van der Waals surface area contributed by atoms with Crippen LogP contribution < -0.4 is 5.32 Å². The van der Waals surface area contributed by atoms with Crippen molar-refractivity contribution in [2.24, 2.45) is 5.92 Å². The van der Waals surface area contributed by atoms with Gasteiger partial charge in [-0.3, -0.25) is 0 Å². The number of hydrogen-bond acceptors (Lipinski definition) is 1. The van der Waals surface area contributed by atoms with Crippen molar-refractivity contribution in [3.8, 4) is 0 Å². The van der Waals surface area contributed by atoms with Crippen LogP contribution in [0.5, 0.6) is 0 Å². The lowest BCUT2D eigenvalue weighted by Gasteiger charge is -2.25. The van der Waals surface area contributed by atoms with E-state index in [2.05, 4.69) is 42.0 Å². The molecule has 2 unspecified atom stereocenters. The Morgan fingerprint density at radius 2 is 2.06 bits per heavy atom. The molecule has 0 amide bonds. The molecule has 0 heterocycles. The van der Waals surface area contributed by atoms with E-state index in [1.165, 1.54) is 0 Å². The third kappa shape index (κ3) is 3.69. The van der Waals surface area contributed by atoms with Crippen molar-refractivity contribution in [1.82, 2.24) is 5.32 Å². The molecule has 0 saturated heterocycles. The third-order valence-corrected chi connectivity index (χ3v) is 4.49. The van der Waals surface area contributed by atoms with Gasteiger partial charge in [-0.2, -0.15) is 0 Å². The normalized spacial score (nSPS) is 14.6. The van der Waals surface area contributed by atoms with Gasteiger partial charge in [-0.25, -0.2) is 4.39 Å². The van der Waals surface area contributed by atoms with E-state index in [1.807, 2.05) is 12.1 Å². The summed E-state index contributed by atoms with van der Waals surface area (Å²) in [7, 11) is 0. The van der Waals surface area contributed by atoms with Crippen LogP contribution in [0.2, 0.25) is 5.02 Å². The van der Waals surface area contributed by atoms with Crippen LogP contribution in [0.3, 0.4) is 0 Å². The lowest BCUT2D eigenvalue weighted by Crippen LogP contribution is -2.28. The van der Waals surface area contributed by atoms with Crippen molar-refractivity contribution in [3.63, 3.8) is 0 Å². The Balaban J connectivity index is 3.08.